The summed E-state index contributed by atoms with van der Waals surface area (Å²) in [5, 5.41) is 4.06. The van der Waals surface area contributed by atoms with Gasteiger partial charge in [-0.05, 0) is 58.4 Å². The van der Waals surface area contributed by atoms with Crippen molar-refractivity contribution in [1.29, 1.82) is 0 Å². The number of aryl methyl sites for hydroxylation is 1. The number of hydrogen-bond acceptors (Lipinski definition) is 5. The zero-order valence-corrected chi connectivity index (χ0v) is 11.8. The molecule has 1 saturated heterocycles. The Bertz CT molecular complexity index is 346. The van der Waals surface area contributed by atoms with Gasteiger partial charge in [0, 0.05) is 19.1 Å². The first-order chi connectivity index (χ1) is 8.16. The minimum Gasteiger partial charge on any atom is -0.300 e. The maximum absolute atomic E-state index is 4.06. The lowest BCUT2D eigenvalue weighted by atomic mass is 10.2. The summed E-state index contributed by atoms with van der Waals surface area (Å²) in [6.45, 7) is 9.02. The highest BCUT2D eigenvalue weighted by molar-refractivity contribution is 7.05. The van der Waals surface area contributed by atoms with Crippen molar-refractivity contribution in [2.75, 3.05) is 26.7 Å². The Kier molecular flexibility index (Phi) is 4.48. The van der Waals surface area contributed by atoms with Crippen LogP contribution in [0.4, 0.5) is 0 Å². The van der Waals surface area contributed by atoms with Gasteiger partial charge in [-0.2, -0.15) is 0 Å². The molecule has 0 N–H and O–H groups in total. The van der Waals surface area contributed by atoms with Crippen LogP contribution < -0.4 is 0 Å². The molecule has 5 heteroatoms. The first kappa shape index (κ1) is 12.9. The Balaban J connectivity index is 1.80. The van der Waals surface area contributed by atoms with E-state index in [1.165, 1.54) is 42.3 Å². The van der Waals surface area contributed by atoms with Crippen molar-refractivity contribution in [1.82, 2.24) is 19.4 Å². The van der Waals surface area contributed by atoms with E-state index < -0.39 is 0 Å². The van der Waals surface area contributed by atoms with Gasteiger partial charge in [-0.1, -0.05) is 4.49 Å². The molecule has 17 heavy (non-hydrogen) atoms. The van der Waals surface area contributed by atoms with Crippen molar-refractivity contribution in [2.45, 2.75) is 39.3 Å². The molecule has 1 fully saturated rings. The Morgan fingerprint density at radius 2 is 2.12 bits per heavy atom. The summed E-state index contributed by atoms with van der Waals surface area (Å²) in [6, 6.07) is 0.656. The van der Waals surface area contributed by atoms with E-state index in [9.17, 15) is 0 Å². The first-order valence-electron chi connectivity index (χ1n) is 6.37. The largest absolute Gasteiger partial charge is 0.300 e. The normalized spacial score (nSPS) is 19.1. The van der Waals surface area contributed by atoms with Crippen molar-refractivity contribution in [3.8, 4) is 0 Å². The Morgan fingerprint density at radius 3 is 2.71 bits per heavy atom. The summed E-state index contributed by atoms with van der Waals surface area (Å²) in [4.78, 5) is 6.26. The summed E-state index contributed by atoms with van der Waals surface area (Å²) in [6.07, 6.45) is 2.73. The molecule has 1 aromatic heterocycles. The third-order valence-corrected chi connectivity index (χ3v) is 4.31. The Labute approximate surface area is 108 Å². The summed E-state index contributed by atoms with van der Waals surface area (Å²) >= 11 is 1.52. The van der Waals surface area contributed by atoms with E-state index in [0.717, 1.165) is 18.8 Å². The molecule has 1 aliphatic rings. The third-order valence-electron chi connectivity index (χ3n) is 3.50. The van der Waals surface area contributed by atoms with Crippen LogP contribution in [0.2, 0.25) is 0 Å². The number of aromatic nitrogens is 2. The topological polar surface area (TPSA) is 32.3 Å². The van der Waals surface area contributed by atoms with E-state index in [2.05, 4.69) is 33.4 Å². The van der Waals surface area contributed by atoms with Crippen molar-refractivity contribution in [2.24, 2.45) is 0 Å². The second kappa shape index (κ2) is 5.89. The fourth-order valence-electron chi connectivity index (χ4n) is 2.45. The molecule has 0 spiro atoms. The highest BCUT2D eigenvalue weighted by Crippen LogP contribution is 2.15. The average Bonchev–Trinajstić information content (AvgIpc) is 2.90. The van der Waals surface area contributed by atoms with Gasteiger partial charge in [0.1, 0.15) is 0 Å². The molecule has 0 aromatic carbocycles. The van der Waals surface area contributed by atoms with Crippen LogP contribution in [0.1, 0.15) is 30.3 Å². The van der Waals surface area contributed by atoms with Gasteiger partial charge >= 0.3 is 0 Å². The Hall–Kier alpha value is -0.520. The lowest BCUT2D eigenvalue weighted by molar-refractivity contribution is 0.189. The summed E-state index contributed by atoms with van der Waals surface area (Å²) in [7, 11) is 2.19. The maximum atomic E-state index is 4.06. The predicted molar refractivity (Wildman–Crippen MR) is 71.2 cm³/mol. The Morgan fingerprint density at radius 1 is 1.41 bits per heavy atom. The number of likely N-dealkylation sites (tertiary alicyclic amines) is 1. The van der Waals surface area contributed by atoms with Crippen LogP contribution in [-0.4, -0.2) is 52.1 Å². The molecule has 1 aromatic rings. The fourth-order valence-corrected chi connectivity index (χ4v) is 3.17. The summed E-state index contributed by atoms with van der Waals surface area (Å²) < 4.78 is 3.99. The predicted octanol–water partition coefficient (Wildman–Crippen LogP) is 1.76. The lowest BCUT2D eigenvalue weighted by Gasteiger charge is -2.28. The van der Waals surface area contributed by atoms with Crippen LogP contribution in [-0.2, 0) is 6.54 Å². The number of likely N-dealkylation sites (N-methyl/N-ethyl adjacent to an activating group) is 1. The van der Waals surface area contributed by atoms with Gasteiger partial charge in [0.2, 0.25) is 0 Å². The van der Waals surface area contributed by atoms with Crippen LogP contribution in [0.5, 0.6) is 0 Å². The molecule has 2 rings (SSSR count). The monoisotopic (exact) mass is 254 g/mol. The zero-order chi connectivity index (χ0) is 12.3. The van der Waals surface area contributed by atoms with E-state index in [1.807, 2.05) is 6.92 Å². The zero-order valence-electron chi connectivity index (χ0n) is 11.0. The molecule has 2 heterocycles. The molecule has 96 valence electrons. The number of nitrogens with zero attached hydrogens (tertiary/aromatic N) is 4. The molecule has 1 aliphatic heterocycles. The molecule has 0 amide bonds. The molecule has 0 saturated carbocycles. The molecular weight excluding hydrogens is 232 g/mol. The quantitative estimate of drug-likeness (QED) is 0.801. The molecule has 0 aliphatic carbocycles. The maximum Gasteiger partial charge on any atom is 0.0769 e. The molecule has 0 radical (unpaired) electrons. The van der Waals surface area contributed by atoms with Gasteiger partial charge in [0.15, 0.2) is 0 Å². The molecule has 0 bridgehead atoms. The fraction of sp³-hybridized carbons (Fsp3) is 0.833. The SMILES string of the molecule is Cc1nnsc1CN(C)C[C@H](C)N1CCCC1. The van der Waals surface area contributed by atoms with Gasteiger partial charge in [-0.3, -0.25) is 9.80 Å². The van der Waals surface area contributed by atoms with Crippen molar-refractivity contribution in [3.63, 3.8) is 0 Å². The lowest BCUT2D eigenvalue weighted by Crippen LogP contribution is -2.39. The highest BCUT2D eigenvalue weighted by atomic mass is 32.1. The second-order valence-corrected chi connectivity index (χ2v) is 5.91. The molecular formula is C12H22N4S. The van der Waals surface area contributed by atoms with E-state index in [0.29, 0.717) is 6.04 Å². The van der Waals surface area contributed by atoms with E-state index in [-0.39, 0.29) is 0 Å². The highest BCUT2D eigenvalue weighted by Gasteiger charge is 2.19. The first-order valence-corrected chi connectivity index (χ1v) is 7.14. The van der Waals surface area contributed by atoms with Gasteiger partial charge in [-0.25, -0.2) is 0 Å². The van der Waals surface area contributed by atoms with Gasteiger partial charge in [0.25, 0.3) is 0 Å². The van der Waals surface area contributed by atoms with Gasteiger partial charge in [-0.15, -0.1) is 5.10 Å². The second-order valence-electron chi connectivity index (χ2n) is 5.07. The minimum absolute atomic E-state index is 0.656. The summed E-state index contributed by atoms with van der Waals surface area (Å²) in [5.41, 5.74) is 1.08. The molecule has 4 nitrogen and oxygen atoms in total. The van der Waals surface area contributed by atoms with E-state index in [4.69, 9.17) is 0 Å². The van der Waals surface area contributed by atoms with Crippen LogP contribution in [0, 0.1) is 6.92 Å². The van der Waals surface area contributed by atoms with E-state index >= 15 is 0 Å². The molecule has 1 atom stereocenters. The molecule has 0 unspecified atom stereocenters. The minimum atomic E-state index is 0.656. The van der Waals surface area contributed by atoms with Crippen molar-refractivity contribution in [3.05, 3.63) is 10.6 Å². The number of hydrogen-bond donors (Lipinski definition) is 0. The van der Waals surface area contributed by atoms with Crippen molar-refractivity contribution >= 4 is 11.5 Å². The smallest absolute Gasteiger partial charge is 0.0769 e. The van der Waals surface area contributed by atoms with Gasteiger partial charge < -0.3 is 0 Å². The van der Waals surface area contributed by atoms with Crippen molar-refractivity contribution < 1.29 is 0 Å². The van der Waals surface area contributed by atoms with Crippen LogP contribution >= 0.6 is 11.5 Å². The third kappa shape index (κ3) is 3.47. The standard InChI is InChI=1S/C12H22N4S/c1-10(16-6-4-5-7-16)8-15(3)9-12-11(2)13-14-17-12/h10H,4-9H2,1-3H3/t10-/m0/s1. The average molecular weight is 254 g/mol. The van der Waals surface area contributed by atoms with Crippen LogP contribution in [0.15, 0.2) is 0 Å². The van der Waals surface area contributed by atoms with Crippen LogP contribution in [0.3, 0.4) is 0 Å². The van der Waals surface area contributed by atoms with E-state index in [1.54, 1.807) is 0 Å². The summed E-state index contributed by atoms with van der Waals surface area (Å²) in [5.74, 6) is 0. The van der Waals surface area contributed by atoms with Gasteiger partial charge in [0.05, 0.1) is 10.6 Å². The number of rotatable bonds is 5. The van der Waals surface area contributed by atoms with Crippen LogP contribution in [0.25, 0.3) is 0 Å².